The van der Waals surface area contributed by atoms with Crippen LogP contribution in [-0.4, -0.2) is 16.1 Å². The summed E-state index contributed by atoms with van der Waals surface area (Å²) in [5.41, 5.74) is 0. The maximum absolute atomic E-state index is 12.1. The average molecular weight is 251 g/mol. The van der Waals surface area contributed by atoms with E-state index in [9.17, 15) is 4.79 Å². The Morgan fingerprint density at radius 3 is 2.88 bits per heavy atom. The molecule has 1 heterocycles. The van der Waals surface area contributed by atoms with Crippen molar-refractivity contribution in [2.75, 3.05) is 5.32 Å². The molecule has 2 aliphatic rings. The van der Waals surface area contributed by atoms with Crippen molar-refractivity contribution in [2.45, 2.75) is 39.0 Å². The van der Waals surface area contributed by atoms with Gasteiger partial charge in [-0.15, -0.1) is 10.2 Å². The Morgan fingerprint density at radius 1 is 1.41 bits per heavy atom. The summed E-state index contributed by atoms with van der Waals surface area (Å²) >= 11 is 1.49. The van der Waals surface area contributed by atoms with Crippen LogP contribution in [0.3, 0.4) is 0 Å². The first-order valence-electron chi connectivity index (χ1n) is 6.39. The molecule has 3 rings (SSSR count). The summed E-state index contributed by atoms with van der Waals surface area (Å²) in [5, 5.41) is 12.6. The van der Waals surface area contributed by atoms with Gasteiger partial charge in [-0.1, -0.05) is 24.7 Å². The third kappa shape index (κ3) is 2.08. The molecule has 0 aliphatic heterocycles. The van der Waals surface area contributed by atoms with Crippen molar-refractivity contribution in [3.63, 3.8) is 0 Å². The van der Waals surface area contributed by atoms with Crippen molar-refractivity contribution in [1.29, 1.82) is 0 Å². The molecule has 1 N–H and O–H groups in total. The molecular weight excluding hydrogens is 234 g/mol. The van der Waals surface area contributed by atoms with Gasteiger partial charge in [-0.3, -0.25) is 4.79 Å². The number of nitrogens with zero attached hydrogens (tertiary/aromatic N) is 2. The second kappa shape index (κ2) is 4.37. The van der Waals surface area contributed by atoms with Gasteiger partial charge in [0.1, 0.15) is 5.01 Å². The van der Waals surface area contributed by atoms with Crippen LogP contribution in [0.25, 0.3) is 0 Å². The van der Waals surface area contributed by atoms with Crippen LogP contribution in [-0.2, 0) is 11.2 Å². The molecular formula is C12H17N3OS. The first-order valence-corrected chi connectivity index (χ1v) is 7.21. The van der Waals surface area contributed by atoms with E-state index in [1.165, 1.54) is 30.6 Å². The molecule has 92 valence electrons. The van der Waals surface area contributed by atoms with Crippen LogP contribution in [0.4, 0.5) is 5.13 Å². The summed E-state index contributed by atoms with van der Waals surface area (Å²) < 4.78 is 0. The molecule has 3 atom stereocenters. The normalized spacial score (nSPS) is 30.8. The van der Waals surface area contributed by atoms with Crippen molar-refractivity contribution >= 4 is 22.4 Å². The highest BCUT2D eigenvalue weighted by Gasteiger charge is 2.43. The lowest BCUT2D eigenvalue weighted by Gasteiger charge is -2.19. The molecule has 17 heavy (non-hydrogen) atoms. The molecule has 1 aromatic heterocycles. The number of fused-ring (bicyclic) bond motifs is 2. The van der Waals surface area contributed by atoms with Crippen LogP contribution in [0.1, 0.15) is 37.6 Å². The van der Waals surface area contributed by atoms with Crippen molar-refractivity contribution in [3.05, 3.63) is 5.01 Å². The first-order chi connectivity index (χ1) is 8.26. The summed E-state index contributed by atoms with van der Waals surface area (Å²) in [4.78, 5) is 12.1. The van der Waals surface area contributed by atoms with E-state index >= 15 is 0 Å². The average Bonchev–Trinajstić information content (AvgIpc) is 3.04. The van der Waals surface area contributed by atoms with E-state index in [-0.39, 0.29) is 11.8 Å². The molecule has 0 saturated heterocycles. The largest absolute Gasteiger partial charge is 0.300 e. The van der Waals surface area contributed by atoms with E-state index in [1.807, 2.05) is 6.92 Å². The lowest BCUT2D eigenvalue weighted by atomic mass is 9.88. The van der Waals surface area contributed by atoms with Crippen LogP contribution < -0.4 is 5.32 Å². The smallest absolute Gasteiger partial charge is 0.229 e. The third-order valence-corrected chi connectivity index (χ3v) is 5.06. The molecule has 2 saturated carbocycles. The number of anilines is 1. The predicted molar refractivity (Wildman–Crippen MR) is 66.9 cm³/mol. The van der Waals surface area contributed by atoms with Crippen LogP contribution in [0.5, 0.6) is 0 Å². The first kappa shape index (κ1) is 11.1. The molecule has 4 nitrogen and oxygen atoms in total. The molecule has 0 radical (unpaired) electrons. The zero-order chi connectivity index (χ0) is 11.8. The van der Waals surface area contributed by atoms with Crippen LogP contribution >= 0.6 is 11.3 Å². The highest BCUT2D eigenvalue weighted by atomic mass is 32.1. The fraction of sp³-hybridized carbons (Fsp3) is 0.750. The number of hydrogen-bond acceptors (Lipinski definition) is 4. The SMILES string of the molecule is CCc1nnc(NC(=O)[C@@H]2C[C@H]3CC[C@@H]2C3)s1. The Balaban J connectivity index is 1.63. The number of amides is 1. The van der Waals surface area contributed by atoms with Gasteiger partial charge in [0, 0.05) is 5.92 Å². The quantitative estimate of drug-likeness (QED) is 0.898. The van der Waals surface area contributed by atoms with E-state index < -0.39 is 0 Å². The van der Waals surface area contributed by atoms with E-state index in [1.54, 1.807) is 0 Å². The number of carbonyl (C=O) groups excluding carboxylic acids is 1. The van der Waals surface area contributed by atoms with Gasteiger partial charge >= 0.3 is 0 Å². The van der Waals surface area contributed by atoms with Crippen molar-refractivity contribution in [3.8, 4) is 0 Å². The number of aromatic nitrogens is 2. The standard InChI is InChI=1S/C12H17N3OS/c1-2-10-14-15-12(17-10)13-11(16)9-6-7-3-4-8(9)5-7/h7-9H,2-6H2,1H3,(H,13,15,16)/t7-,8+,9+/m0/s1. The molecule has 1 amide bonds. The van der Waals surface area contributed by atoms with E-state index in [4.69, 9.17) is 0 Å². The zero-order valence-electron chi connectivity index (χ0n) is 9.98. The van der Waals surface area contributed by atoms with Gasteiger partial charge in [0.25, 0.3) is 0 Å². The van der Waals surface area contributed by atoms with Crippen molar-refractivity contribution < 1.29 is 4.79 Å². The molecule has 0 spiro atoms. The fourth-order valence-corrected chi connectivity index (χ4v) is 3.89. The summed E-state index contributed by atoms with van der Waals surface area (Å²) in [6, 6.07) is 0. The van der Waals surface area contributed by atoms with E-state index in [0.717, 1.165) is 23.8 Å². The Bertz CT molecular complexity index is 431. The Kier molecular flexibility index (Phi) is 2.86. The zero-order valence-corrected chi connectivity index (χ0v) is 10.8. The summed E-state index contributed by atoms with van der Waals surface area (Å²) in [6.07, 6.45) is 5.78. The predicted octanol–water partition coefficient (Wildman–Crippen LogP) is 2.48. The second-order valence-corrected chi connectivity index (χ2v) is 6.19. The van der Waals surface area contributed by atoms with E-state index in [0.29, 0.717) is 11.0 Å². The summed E-state index contributed by atoms with van der Waals surface area (Å²) in [5.74, 6) is 1.81. The molecule has 2 bridgehead atoms. The van der Waals surface area contributed by atoms with E-state index in [2.05, 4.69) is 15.5 Å². The topological polar surface area (TPSA) is 54.9 Å². The molecule has 2 fully saturated rings. The maximum Gasteiger partial charge on any atom is 0.229 e. The van der Waals surface area contributed by atoms with Crippen molar-refractivity contribution in [2.24, 2.45) is 17.8 Å². The summed E-state index contributed by atoms with van der Waals surface area (Å²) in [6.45, 7) is 2.04. The van der Waals surface area contributed by atoms with Gasteiger partial charge in [0.15, 0.2) is 0 Å². The Morgan fingerprint density at radius 2 is 2.29 bits per heavy atom. The van der Waals surface area contributed by atoms with Crippen LogP contribution in [0.2, 0.25) is 0 Å². The minimum Gasteiger partial charge on any atom is -0.300 e. The fourth-order valence-electron chi connectivity index (χ4n) is 3.21. The lowest BCUT2D eigenvalue weighted by molar-refractivity contribution is -0.121. The second-order valence-electron chi connectivity index (χ2n) is 5.13. The summed E-state index contributed by atoms with van der Waals surface area (Å²) in [7, 11) is 0. The molecule has 0 unspecified atom stereocenters. The number of rotatable bonds is 3. The molecule has 1 aromatic rings. The van der Waals surface area contributed by atoms with Gasteiger partial charge in [0.2, 0.25) is 11.0 Å². The number of hydrogen-bond donors (Lipinski definition) is 1. The molecule has 2 aliphatic carbocycles. The number of carbonyl (C=O) groups is 1. The Labute approximate surface area is 105 Å². The maximum atomic E-state index is 12.1. The monoisotopic (exact) mass is 251 g/mol. The van der Waals surface area contributed by atoms with Crippen molar-refractivity contribution in [1.82, 2.24) is 10.2 Å². The highest BCUT2D eigenvalue weighted by Crippen LogP contribution is 2.48. The lowest BCUT2D eigenvalue weighted by Crippen LogP contribution is -2.27. The molecule has 5 heteroatoms. The van der Waals surface area contributed by atoms with Gasteiger partial charge in [-0.05, 0) is 37.5 Å². The van der Waals surface area contributed by atoms with Gasteiger partial charge in [0.05, 0.1) is 0 Å². The molecule has 0 aromatic carbocycles. The number of aryl methyl sites for hydroxylation is 1. The van der Waals surface area contributed by atoms with Crippen LogP contribution in [0.15, 0.2) is 0 Å². The minimum absolute atomic E-state index is 0.163. The third-order valence-electron chi connectivity index (χ3n) is 4.07. The Hall–Kier alpha value is -0.970. The highest BCUT2D eigenvalue weighted by molar-refractivity contribution is 7.15. The van der Waals surface area contributed by atoms with Gasteiger partial charge in [-0.25, -0.2) is 0 Å². The number of nitrogens with one attached hydrogen (secondary N) is 1. The van der Waals surface area contributed by atoms with Gasteiger partial charge in [-0.2, -0.15) is 0 Å². The van der Waals surface area contributed by atoms with Gasteiger partial charge < -0.3 is 5.32 Å². The minimum atomic E-state index is 0.163. The van der Waals surface area contributed by atoms with Crippen LogP contribution in [0, 0.1) is 17.8 Å².